The fourth-order valence-electron chi connectivity index (χ4n) is 2.44. The average Bonchev–Trinajstić information content (AvgIpc) is 2.72. The average molecular weight is 335 g/mol. The van der Waals surface area contributed by atoms with Gasteiger partial charge in [0.2, 0.25) is 5.91 Å². The van der Waals surface area contributed by atoms with Gasteiger partial charge in [-0.1, -0.05) is 23.7 Å². The van der Waals surface area contributed by atoms with Gasteiger partial charge < -0.3 is 5.32 Å². The lowest BCUT2D eigenvalue weighted by Crippen LogP contribution is -2.39. The van der Waals surface area contributed by atoms with E-state index in [1.807, 2.05) is 64.0 Å². The maximum Gasteiger partial charge on any atom is 0.241 e. The highest BCUT2D eigenvalue weighted by molar-refractivity contribution is 6.30. The lowest BCUT2D eigenvalue weighted by molar-refractivity contribution is -0.120. The number of anilines is 1. The molecule has 6 heteroatoms. The fraction of sp³-hybridized carbons (Fsp3) is 0.412. The third-order valence-electron chi connectivity index (χ3n) is 4.12. The van der Waals surface area contributed by atoms with E-state index in [0.717, 1.165) is 22.6 Å². The Morgan fingerprint density at radius 3 is 2.70 bits per heavy atom. The predicted octanol–water partition coefficient (Wildman–Crippen LogP) is 3.15. The summed E-state index contributed by atoms with van der Waals surface area (Å²) in [6, 6.07) is 7.40. The Morgan fingerprint density at radius 2 is 2.13 bits per heavy atom. The van der Waals surface area contributed by atoms with Crippen LogP contribution in [0.4, 0.5) is 5.69 Å². The number of amides is 1. The summed E-state index contributed by atoms with van der Waals surface area (Å²) in [6.07, 6.45) is 0. The summed E-state index contributed by atoms with van der Waals surface area (Å²) in [7, 11) is 3.79. The maximum atomic E-state index is 12.5. The van der Waals surface area contributed by atoms with E-state index in [1.54, 1.807) is 4.68 Å². The van der Waals surface area contributed by atoms with Crippen LogP contribution in [0.1, 0.15) is 23.9 Å². The highest BCUT2D eigenvalue weighted by Crippen LogP contribution is 2.19. The van der Waals surface area contributed by atoms with Crippen LogP contribution in [0, 0.1) is 13.8 Å². The van der Waals surface area contributed by atoms with Crippen molar-refractivity contribution < 1.29 is 4.79 Å². The van der Waals surface area contributed by atoms with Gasteiger partial charge in [-0.15, -0.1) is 0 Å². The second-order valence-corrected chi connectivity index (χ2v) is 6.32. The first-order valence-electron chi connectivity index (χ1n) is 7.55. The number of nitrogens with one attached hydrogen (secondary N) is 1. The molecule has 5 nitrogen and oxygen atoms in total. The van der Waals surface area contributed by atoms with Crippen molar-refractivity contribution in [3.8, 4) is 0 Å². The summed E-state index contributed by atoms with van der Waals surface area (Å²) in [6.45, 7) is 6.37. The van der Waals surface area contributed by atoms with E-state index in [9.17, 15) is 4.79 Å². The van der Waals surface area contributed by atoms with E-state index in [1.165, 1.54) is 0 Å². The second-order valence-electron chi connectivity index (χ2n) is 5.88. The molecule has 23 heavy (non-hydrogen) atoms. The van der Waals surface area contributed by atoms with E-state index in [2.05, 4.69) is 10.4 Å². The maximum absolute atomic E-state index is 12.5. The number of rotatable bonds is 5. The first kappa shape index (κ1) is 17.5. The lowest BCUT2D eigenvalue weighted by Gasteiger charge is -2.24. The summed E-state index contributed by atoms with van der Waals surface area (Å²) in [5, 5.41) is 8.01. The van der Waals surface area contributed by atoms with E-state index < -0.39 is 0 Å². The molecule has 2 rings (SSSR count). The van der Waals surface area contributed by atoms with E-state index in [4.69, 9.17) is 11.6 Å². The van der Waals surface area contributed by atoms with Gasteiger partial charge >= 0.3 is 0 Å². The van der Waals surface area contributed by atoms with Crippen LogP contribution in [0.3, 0.4) is 0 Å². The van der Waals surface area contributed by atoms with Crippen molar-refractivity contribution >= 4 is 23.2 Å². The van der Waals surface area contributed by atoms with Crippen molar-refractivity contribution in [1.82, 2.24) is 14.7 Å². The summed E-state index contributed by atoms with van der Waals surface area (Å²) in [5.74, 6) is -0.0475. The molecule has 1 N–H and O–H groups in total. The van der Waals surface area contributed by atoms with Crippen LogP contribution in [-0.4, -0.2) is 33.7 Å². The molecule has 1 unspecified atom stereocenters. The molecule has 0 fully saturated rings. The Kier molecular flexibility index (Phi) is 5.44. The molecule has 1 aromatic heterocycles. The topological polar surface area (TPSA) is 50.2 Å². The monoisotopic (exact) mass is 334 g/mol. The largest absolute Gasteiger partial charge is 0.322 e. The van der Waals surface area contributed by atoms with Gasteiger partial charge in [-0.3, -0.25) is 14.4 Å². The number of aromatic nitrogens is 2. The van der Waals surface area contributed by atoms with Crippen LogP contribution in [0.25, 0.3) is 0 Å². The van der Waals surface area contributed by atoms with Crippen molar-refractivity contribution in [3.05, 3.63) is 46.2 Å². The van der Waals surface area contributed by atoms with E-state index in [0.29, 0.717) is 11.6 Å². The van der Waals surface area contributed by atoms with Crippen LogP contribution in [-0.2, 0) is 18.4 Å². The van der Waals surface area contributed by atoms with Gasteiger partial charge in [0, 0.05) is 18.6 Å². The first-order valence-corrected chi connectivity index (χ1v) is 7.93. The van der Waals surface area contributed by atoms with Gasteiger partial charge in [-0.05, 0) is 45.5 Å². The fourth-order valence-corrected chi connectivity index (χ4v) is 2.66. The number of hydrogen-bond donors (Lipinski definition) is 1. The molecule has 124 valence electrons. The third-order valence-corrected chi connectivity index (χ3v) is 4.35. The van der Waals surface area contributed by atoms with Crippen LogP contribution in [0.5, 0.6) is 0 Å². The summed E-state index contributed by atoms with van der Waals surface area (Å²) < 4.78 is 1.77. The number of halogens is 1. The van der Waals surface area contributed by atoms with Crippen molar-refractivity contribution in [3.63, 3.8) is 0 Å². The molecule has 0 aliphatic rings. The van der Waals surface area contributed by atoms with Crippen molar-refractivity contribution in [1.29, 1.82) is 0 Å². The summed E-state index contributed by atoms with van der Waals surface area (Å²) >= 11 is 6.01. The van der Waals surface area contributed by atoms with Gasteiger partial charge in [0.15, 0.2) is 0 Å². The minimum absolute atomic E-state index is 0.0475. The number of aryl methyl sites for hydroxylation is 2. The zero-order valence-corrected chi connectivity index (χ0v) is 15.0. The summed E-state index contributed by atoms with van der Waals surface area (Å²) in [5.41, 5.74) is 3.64. The number of hydrogen-bond acceptors (Lipinski definition) is 3. The quantitative estimate of drug-likeness (QED) is 0.913. The Hall–Kier alpha value is -1.85. The van der Waals surface area contributed by atoms with Crippen LogP contribution < -0.4 is 5.32 Å². The van der Waals surface area contributed by atoms with Crippen LogP contribution in [0.2, 0.25) is 5.02 Å². The normalized spacial score (nSPS) is 12.5. The molecule has 1 atom stereocenters. The van der Waals surface area contributed by atoms with Gasteiger partial charge in [0.25, 0.3) is 0 Å². The molecule has 1 aromatic carbocycles. The zero-order valence-electron chi connectivity index (χ0n) is 14.2. The summed E-state index contributed by atoms with van der Waals surface area (Å²) in [4.78, 5) is 14.5. The van der Waals surface area contributed by atoms with Crippen LogP contribution >= 0.6 is 11.6 Å². The molecule has 1 amide bonds. The molecule has 0 aliphatic carbocycles. The molecule has 0 aliphatic heterocycles. The number of carbonyl (C=O) groups is 1. The van der Waals surface area contributed by atoms with Crippen molar-refractivity contribution in [2.45, 2.75) is 33.4 Å². The standard InChI is InChI=1S/C17H23ClN4O/c1-11-16(12(2)22(5)20-11)19-17(23)13(3)21(4)10-14-7-6-8-15(18)9-14/h6-9,13H,10H2,1-5H3,(H,19,23). The smallest absolute Gasteiger partial charge is 0.241 e. The minimum Gasteiger partial charge on any atom is -0.322 e. The zero-order chi connectivity index (χ0) is 17.1. The van der Waals surface area contributed by atoms with Gasteiger partial charge in [0.1, 0.15) is 0 Å². The molecule has 2 aromatic rings. The number of benzene rings is 1. The first-order chi connectivity index (χ1) is 10.8. The Morgan fingerprint density at radius 1 is 1.43 bits per heavy atom. The van der Waals surface area contributed by atoms with Crippen LogP contribution in [0.15, 0.2) is 24.3 Å². The second kappa shape index (κ2) is 7.15. The molecule has 0 bridgehead atoms. The number of nitrogens with zero attached hydrogens (tertiary/aromatic N) is 3. The van der Waals surface area contributed by atoms with E-state index >= 15 is 0 Å². The molecular weight excluding hydrogens is 312 g/mol. The Labute approximate surface area is 142 Å². The Balaban J connectivity index is 2.04. The third kappa shape index (κ3) is 4.12. The molecule has 0 radical (unpaired) electrons. The minimum atomic E-state index is -0.270. The van der Waals surface area contributed by atoms with Gasteiger partial charge in [0.05, 0.1) is 23.1 Å². The molecule has 0 spiro atoms. The van der Waals surface area contributed by atoms with Gasteiger partial charge in [-0.2, -0.15) is 5.10 Å². The van der Waals surface area contributed by atoms with Gasteiger partial charge in [-0.25, -0.2) is 0 Å². The number of likely N-dealkylation sites (N-methyl/N-ethyl adjacent to an activating group) is 1. The molecule has 0 saturated carbocycles. The molecule has 1 heterocycles. The van der Waals surface area contributed by atoms with Crippen molar-refractivity contribution in [2.24, 2.45) is 7.05 Å². The van der Waals surface area contributed by atoms with Crippen molar-refractivity contribution in [2.75, 3.05) is 12.4 Å². The number of carbonyl (C=O) groups excluding carboxylic acids is 1. The van der Waals surface area contributed by atoms with E-state index in [-0.39, 0.29) is 11.9 Å². The lowest BCUT2D eigenvalue weighted by atomic mass is 10.2. The molecular formula is C17H23ClN4O. The predicted molar refractivity (Wildman–Crippen MR) is 93.7 cm³/mol. The highest BCUT2D eigenvalue weighted by atomic mass is 35.5. The molecule has 0 saturated heterocycles. The highest BCUT2D eigenvalue weighted by Gasteiger charge is 2.21. The Bertz CT molecular complexity index is 711. The SMILES string of the molecule is Cc1nn(C)c(C)c1NC(=O)C(C)N(C)Cc1cccc(Cl)c1.